The Balaban J connectivity index is 2.09. The first-order valence-corrected chi connectivity index (χ1v) is 7.01. The van der Waals surface area contributed by atoms with Gasteiger partial charge in [-0.2, -0.15) is 0 Å². The fourth-order valence-electron chi connectivity index (χ4n) is 1.49. The fourth-order valence-corrected chi connectivity index (χ4v) is 2.02. The molecule has 0 heterocycles. The van der Waals surface area contributed by atoms with Crippen LogP contribution in [-0.2, 0) is 20.0 Å². The van der Waals surface area contributed by atoms with E-state index in [-0.39, 0.29) is 12.4 Å². The van der Waals surface area contributed by atoms with Crippen LogP contribution in [0.15, 0.2) is 24.3 Å². The molecule has 0 saturated carbocycles. The number of alkyl halides is 1. The molecule has 0 saturated heterocycles. The van der Waals surface area contributed by atoms with E-state index in [0.29, 0.717) is 18.6 Å². The van der Waals surface area contributed by atoms with Gasteiger partial charge in [-0.15, -0.1) is 11.6 Å². The Morgan fingerprint density at radius 3 is 2.79 bits per heavy atom. The molecular formula is C13H15BrClFO3. The first-order chi connectivity index (χ1) is 9.15. The summed E-state index contributed by atoms with van der Waals surface area (Å²) in [5.74, 6) is -0.752. The maximum Gasteiger partial charge on any atom is 0.335 e. The largest absolute Gasteiger partial charge is 0.382 e. The van der Waals surface area contributed by atoms with Gasteiger partial charge in [0.05, 0.1) is 6.61 Å². The van der Waals surface area contributed by atoms with Gasteiger partial charge in [0, 0.05) is 12.2 Å². The molecule has 1 unspecified atom stereocenters. The van der Waals surface area contributed by atoms with Gasteiger partial charge in [-0.1, -0.05) is 18.2 Å². The average molecular weight is 354 g/mol. The number of halogens is 3. The average Bonchev–Trinajstić information content (AvgIpc) is 2.43. The number of benzene rings is 1. The molecule has 0 amide bonds. The lowest BCUT2D eigenvalue weighted by atomic mass is 10.2. The van der Waals surface area contributed by atoms with Crippen LogP contribution < -0.4 is 0 Å². The first kappa shape index (κ1) is 16.4. The third-order valence-electron chi connectivity index (χ3n) is 2.54. The van der Waals surface area contributed by atoms with E-state index in [1.807, 2.05) is 0 Å². The van der Waals surface area contributed by atoms with Crippen LogP contribution in [-0.4, -0.2) is 18.0 Å². The number of carbonyl (C=O) groups excluding carboxylic acids is 1. The van der Waals surface area contributed by atoms with Gasteiger partial charge in [-0.3, -0.25) is 0 Å². The molecule has 0 fully saturated rings. The van der Waals surface area contributed by atoms with Crippen LogP contribution in [0.3, 0.4) is 0 Å². The summed E-state index contributed by atoms with van der Waals surface area (Å²) in [6.07, 6.45) is 2.02. The summed E-state index contributed by atoms with van der Waals surface area (Å²) >= 11 is 8.35. The second kappa shape index (κ2) is 9.28. The van der Waals surface area contributed by atoms with Gasteiger partial charge in [-0.25, -0.2) is 9.18 Å². The van der Waals surface area contributed by atoms with Gasteiger partial charge in [0.1, 0.15) is 11.2 Å². The van der Waals surface area contributed by atoms with Crippen molar-refractivity contribution in [3.8, 4) is 0 Å². The Hall–Kier alpha value is -0.650. The third kappa shape index (κ3) is 6.36. The van der Waals surface area contributed by atoms with Crippen molar-refractivity contribution < 1.29 is 17.8 Å². The minimum Gasteiger partial charge on any atom is -0.382 e. The normalized spacial score (nSPS) is 12.2. The van der Waals surface area contributed by atoms with E-state index in [4.69, 9.17) is 16.3 Å². The molecule has 1 rings (SSSR count). The molecule has 0 aliphatic rings. The predicted octanol–water partition coefficient (Wildman–Crippen LogP) is 3.97. The number of hydrogen-bond donors (Lipinski definition) is 0. The van der Waals surface area contributed by atoms with Crippen LogP contribution in [0.1, 0.15) is 24.8 Å². The molecular weight excluding hydrogens is 338 g/mol. The van der Waals surface area contributed by atoms with E-state index >= 15 is 0 Å². The van der Waals surface area contributed by atoms with Gasteiger partial charge in [-0.05, 0) is 25.3 Å². The van der Waals surface area contributed by atoms with Gasteiger partial charge < -0.3 is 8.57 Å². The standard InChI is InChI=1S/C13H15BrClFO3/c14-19-13(17)11(15)6-3-4-8-18-9-10-5-1-2-7-12(10)16/h1-2,5,7,11H,3-4,6,8-9H2. The van der Waals surface area contributed by atoms with E-state index in [2.05, 4.69) is 20.1 Å². The van der Waals surface area contributed by atoms with Crippen molar-refractivity contribution in [3.05, 3.63) is 35.6 Å². The molecule has 0 aliphatic carbocycles. The molecule has 3 nitrogen and oxygen atoms in total. The zero-order valence-corrected chi connectivity index (χ0v) is 12.6. The fraction of sp³-hybridized carbons (Fsp3) is 0.462. The van der Waals surface area contributed by atoms with Crippen molar-refractivity contribution in [2.24, 2.45) is 0 Å². The summed E-state index contributed by atoms with van der Waals surface area (Å²) in [4.78, 5) is 11.0. The van der Waals surface area contributed by atoms with Crippen LogP contribution in [0.2, 0.25) is 0 Å². The summed E-state index contributed by atoms with van der Waals surface area (Å²) in [5.41, 5.74) is 0.542. The molecule has 0 N–H and O–H groups in total. The van der Waals surface area contributed by atoms with Crippen LogP contribution in [0.25, 0.3) is 0 Å². The lowest BCUT2D eigenvalue weighted by Crippen LogP contribution is -2.14. The lowest BCUT2D eigenvalue weighted by molar-refractivity contribution is -0.132. The SMILES string of the molecule is O=C(OBr)C(Cl)CCCCOCc1ccccc1F. The van der Waals surface area contributed by atoms with E-state index in [1.54, 1.807) is 18.2 Å². The maximum absolute atomic E-state index is 13.2. The van der Waals surface area contributed by atoms with Crippen molar-refractivity contribution in [1.29, 1.82) is 0 Å². The molecule has 0 aliphatic heterocycles. The topological polar surface area (TPSA) is 35.5 Å². The smallest absolute Gasteiger partial charge is 0.335 e. The van der Waals surface area contributed by atoms with Gasteiger partial charge in [0.15, 0.2) is 16.3 Å². The van der Waals surface area contributed by atoms with Gasteiger partial charge in [0.2, 0.25) is 0 Å². The molecule has 1 aromatic carbocycles. The number of unbranched alkanes of at least 4 members (excludes halogenated alkanes) is 1. The summed E-state index contributed by atoms with van der Waals surface area (Å²) < 4.78 is 22.9. The highest BCUT2D eigenvalue weighted by Gasteiger charge is 2.15. The van der Waals surface area contributed by atoms with E-state index < -0.39 is 11.3 Å². The summed E-state index contributed by atoms with van der Waals surface area (Å²) in [6, 6.07) is 6.51. The van der Waals surface area contributed by atoms with Crippen LogP contribution in [0, 0.1) is 5.82 Å². The van der Waals surface area contributed by atoms with Crippen molar-refractivity contribution in [2.75, 3.05) is 6.61 Å². The quantitative estimate of drug-likeness (QED) is 0.524. The summed E-state index contributed by atoms with van der Waals surface area (Å²) in [5, 5.41) is -0.647. The molecule has 0 aromatic heterocycles. The first-order valence-electron chi connectivity index (χ1n) is 5.92. The van der Waals surface area contributed by atoms with Crippen molar-refractivity contribution in [1.82, 2.24) is 0 Å². The molecule has 0 radical (unpaired) electrons. The van der Waals surface area contributed by atoms with Crippen LogP contribution in [0.5, 0.6) is 0 Å². The zero-order chi connectivity index (χ0) is 14.1. The van der Waals surface area contributed by atoms with Crippen LogP contribution >= 0.6 is 27.9 Å². The highest BCUT2D eigenvalue weighted by atomic mass is 79.9. The summed E-state index contributed by atoms with van der Waals surface area (Å²) in [6.45, 7) is 0.752. The molecule has 19 heavy (non-hydrogen) atoms. The van der Waals surface area contributed by atoms with Crippen molar-refractivity contribution >= 4 is 33.8 Å². The number of ether oxygens (including phenoxy) is 1. The zero-order valence-electron chi connectivity index (χ0n) is 10.3. The highest BCUT2D eigenvalue weighted by molar-refractivity contribution is 9.06. The Morgan fingerprint density at radius 2 is 2.11 bits per heavy atom. The number of hydrogen-bond acceptors (Lipinski definition) is 3. The Bertz CT molecular complexity index is 403. The monoisotopic (exact) mass is 352 g/mol. The van der Waals surface area contributed by atoms with E-state index in [1.165, 1.54) is 6.07 Å². The maximum atomic E-state index is 13.2. The molecule has 0 bridgehead atoms. The Labute approximate surface area is 125 Å². The molecule has 106 valence electrons. The minimum absolute atomic E-state index is 0.250. The van der Waals surface area contributed by atoms with Gasteiger partial charge in [0.25, 0.3) is 0 Å². The predicted molar refractivity (Wildman–Crippen MR) is 74.6 cm³/mol. The van der Waals surface area contributed by atoms with Crippen molar-refractivity contribution in [2.45, 2.75) is 31.2 Å². The Kier molecular flexibility index (Phi) is 8.02. The lowest BCUT2D eigenvalue weighted by Gasteiger charge is -2.07. The van der Waals surface area contributed by atoms with E-state index in [0.717, 1.165) is 12.8 Å². The van der Waals surface area contributed by atoms with Crippen molar-refractivity contribution in [3.63, 3.8) is 0 Å². The van der Waals surface area contributed by atoms with Crippen LogP contribution in [0.4, 0.5) is 4.39 Å². The minimum atomic E-state index is -0.647. The number of rotatable bonds is 8. The van der Waals surface area contributed by atoms with E-state index in [9.17, 15) is 9.18 Å². The highest BCUT2D eigenvalue weighted by Crippen LogP contribution is 2.12. The molecule has 1 atom stereocenters. The summed E-state index contributed by atoms with van der Waals surface area (Å²) in [7, 11) is 0. The molecule has 0 spiro atoms. The number of carbonyl (C=O) groups is 1. The molecule has 6 heteroatoms. The molecule has 1 aromatic rings. The second-order valence-electron chi connectivity index (χ2n) is 4.00. The third-order valence-corrected chi connectivity index (χ3v) is 3.26. The second-order valence-corrected chi connectivity index (χ2v) is 4.85. The Morgan fingerprint density at radius 1 is 1.37 bits per heavy atom. The van der Waals surface area contributed by atoms with Gasteiger partial charge >= 0.3 is 5.97 Å².